The van der Waals surface area contributed by atoms with Gasteiger partial charge < -0.3 is 19.6 Å². The van der Waals surface area contributed by atoms with Gasteiger partial charge in [0.25, 0.3) is 5.91 Å². The number of ether oxygens (including phenoxy) is 1. The average molecular weight is 428 g/mol. The Balaban J connectivity index is 1.93. The zero-order valence-corrected chi connectivity index (χ0v) is 18.9. The molecule has 0 aromatic carbocycles. The minimum absolute atomic E-state index is 0.0497. The monoisotopic (exact) mass is 427 g/mol. The maximum Gasteiger partial charge on any atom is 0.259 e. The van der Waals surface area contributed by atoms with Crippen LogP contribution in [-0.4, -0.2) is 70.6 Å². The highest BCUT2D eigenvalue weighted by molar-refractivity contribution is 5.97. The van der Waals surface area contributed by atoms with Crippen molar-refractivity contribution in [2.24, 2.45) is 11.8 Å². The van der Waals surface area contributed by atoms with E-state index in [2.05, 4.69) is 23.7 Å². The highest BCUT2D eigenvalue weighted by Crippen LogP contribution is 2.32. The number of hydrogen-bond acceptors (Lipinski definition) is 5. The topological polar surface area (TPSA) is 83.0 Å². The third kappa shape index (κ3) is 5.56. The Hall–Kier alpha value is -2.59. The number of hydrogen-bond donors (Lipinski definition) is 1. The van der Waals surface area contributed by atoms with Crippen molar-refractivity contribution in [3.8, 4) is 17.7 Å². The lowest BCUT2D eigenvalue weighted by molar-refractivity contribution is -0.132. The van der Waals surface area contributed by atoms with E-state index in [9.17, 15) is 14.7 Å². The van der Waals surface area contributed by atoms with Crippen LogP contribution in [0.5, 0.6) is 5.88 Å². The summed E-state index contributed by atoms with van der Waals surface area (Å²) >= 11 is 0. The fourth-order valence-electron chi connectivity index (χ4n) is 3.68. The first-order valence-electron chi connectivity index (χ1n) is 11.2. The average Bonchev–Trinajstić information content (AvgIpc) is 3.61. The summed E-state index contributed by atoms with van der Waals surface area (Å²) in [7, 11) is 1.80. The Bertz CT molecular complexity index is 871. The van der Waals surface area contributed by atoms with Crippen LogP contribution in [0.15, 0.2) is 12.3 Å². The number of unbranched alkanes of at least 4 members (excludes halogenated alkanes) is 1. The number of aliphatic hydroxyl groups is 1. The first-order chi connectivity index (χ1) is 14.8. The maximum absolute atomic E-state index is 13.3. The molecule has 7 heteroatoms. The van der Waals surface area contributed by atoms with Crippen LogP contribution in [-0.2, 0) is 4.79 Å². The van der Waals surface area contributed by atoms with Gasteiger partial charge in [-0.3, -0.25) is 9.59 Å². The fourth-order valence-corrected chi connectivity index (χ4v) is 3.68. The molecule has 1 aromatic rings. The molecule has 3 rings (SSSR count). The highest BCUT2D eigenvalue weighted by Gasteiger charge is 2.37. The number of carbonyl (C=O) groups excluding carboxylic acids is 2. The summed E-state index contributed by atoms with van der Waals surface area (Å²) in [6.45, 7) is 6.59. The van der Waals surface area contributed by atoms with Crippen molar-refractivity contribution in [3.05, 3.63) is 23.4 Å². The number of pyridine rings is 1. The second kappa shape index (κ2) is 10.1. The fraction of sp³-hybridized carbons (Fsp3) is 0.625. The summed E-state index contributed by atoms with van der Waals surface area (Å²) in [6, 6.07) is 1.37. The van der Waals surface area contributed by atoms with E-state index in [0.717, 1.165) is 25.7 Å². The van der Waals surface area contributed by atoms with Gasteiger partial charge in [0.1, 0.15) is 11.7 Å². The van der Waals surface area contributed by atoms with Crippen LogP contribution in [0.1, 0.15) is 62.4 Å². The molecule has 1 N–H and O–H groups in total. The molecule has 1 aromatic heterocycles. The molecule has 1 aliphatic heterocycles. The van der Waals surface area contributed by atoms with E-state index in [4.69, 9.17) is 4.74 Å². The minimum Gasteiger partial charge on any atom is -0.472 e. The Morgan fingerprint density at radius 2 is 2.19 bits per heavy atom. The molecule has 0 radical (unpaired) electrons. The van der Waals surface area contributed by atoms with Gasteiger partial charge in [0, 0.05) is 43.6 Å². The van der Waals surface area contributed by atoms with E-state index in [1.165, 1.54) is 0 Å². The van der Waals surface area contributed by atoms with Crippen molar-refractivity contribution in [1.82, 2.24) is 14.8 Å². The second-order valence-electron chi connectivity index (χ2n) is 8.74. The Kier molecular flexibility index (Phi) is 7.55. The molecular weight excluding hydrogens is 394 g/mol. The summed E-state index contributed by atoms with van der Waals surface area (Å²) in [5.41, 5.74) is 1.00. The number of amides is 2. The number of rotatable bonds is 6. The zero-order valence-electron chi connectivity index (χ0n) is 18.9. The van der Waals surface area contributed by atoms with Gasteiger partial charge in [-0.25, -0.2) is 4.98 Å². The Morgan fingerprint density at radius 3 is 2.84 bits per heavy atom. The molecule has 2 amide bonds. The molecule has 1 aliphatic carbocycles. The molecule has 2 aliphatic rings. The van der Waals surface area contributed by atoms with Gasteiger partial charge in [0.2, 0.25) is 11.8 Å². The number of aromatic nitrogens is 1. The van der Waals surface area contributed by atoms with Crippen LogP contribution >= 0.6 is 0 Å². The summed E-state index contributed by atoms with van der Waals surface area (Å²) in [4.78, 5) is 33.6. The third-order valence-corrected chi connectivity index (χ3v) is 5.89. The molecule has 2 heterocycles. The van der Waals surface area contributed by atoms with Crippen LogP contribution in [0.25, 0.3) is 0 Å². The van der Waals surface area contributed by atoms with Gasteiger partial charge >= 0.3 is 0 Å². The Morgan fingerprint density at radius 1 is 1.45 bits per heavy atom. The summed E-state index contributed by atoms with van der Waals surface area (Å²) < 4.78 is 6.22. The largest absolute Gasteiger partial charge is 0.472 e. The number of carbonyl (C=O) groups is 2. The van der Waals surface area contributed by atoms with Gasteiger partial charge in [-0.05, 0) is 32.3 Å². The van der Waals surface area contributed by atoms with Crippen LogP contribution in [0.2, 0.25) is 0 Å². The third-order valence-electron chi connectivity index (χ3n) is 5.89. The van der Waals surface area contributed by atoms with Crippen molar-refractivity contribution in [3.63, 3.8) is 0 Å². The molecule has 168 valence electrons. The predicted octanol–water partition coefficient (Wildman–Crippen LogP) is 2.32. The lowest BCUT2D eigenvalue weighted by Gasteiger charge is -2.37. The van der Waals surface area contributed by atoms with E-state index >= 15 is 0 Å². The first-order valence-corrected chi connectivity index (χ1v) is 11.2. The molecule has 0 spiro atoms. The summed E-state index contributed by atoms with van der Waals surface area (Å²) in [5.74, 6) is 6.39. The number of nitrogens with zero attached hydrogens (tertiary/aromatic N) is 3. The lowest BCUT2D eigenvalue weighted by atomic mass is 9.99. The van der Waals surface area contributed by atoms with Crippen molar-refractivity contribution in [2.75, 3.05) is 26.7 Å². The van der Waals surface area contributed by atoms with E-state index in [1.54, 1.807) is 29.1 Å². The van der Waals surface area contributed by atoms with E-state index in [1.807, 2.05) is 13.8 Å². The van der Waals surface area contributed by atoms with Crippen molar-refractivity contribution >= 4 is 11.8 Å². The molecule has 31 heavy (non-hydrogen) atoms. The van der Waals surface area contributed by atoms with E-state index < -0.39 is 0 Å². The SMILES string of the molecule is CCCC#Cc1cnc2c(c1)C(=O)N([C@@H](C)CO)C[C@H](C)[C@@H](CN(C)C(=O)C1CC1)O2. The van der Waals surface area contributed by atoms with Gasteiger partial charge in [0.05, 0.1) is 19.2 Å². The van der Waals surface area contributed by atoms with Crippen molar-refractivity contribution in [1.29, 1.82) is 0 Å². The number of aliphatic hydroxyl groups excluding tert-OH is 1. The molecule has 7 nitrogen and oxygen atoms in total. The van der Waals surface area contributed by atoms with Crippen LogP contribution in [0, 0.1) is 23.7 Å². The molecule has 0 unspecified atom stereocenters. The molecule has 0 bridgehead atoms. The first kappa shape index (κ1) is 23.1. The van der Waals surface area contributed by atoms with E-state index in [0.29, 0.717) is 24.2 Å². The van der Waals surface area contributed by atoms with Crippen LogP contribution in [0.4, 0.5) is 0 Å². The zero-order chi connectivity index (χ0) is 22.5. The van der Waals surface area contributed by atoms with Gasteiger partial charge in [-0.15, -0.1) is 0 Å². The molecule has 3 atom stereocenters. The summed E-state index contributed by atoms with van der Waals surface area (Å²) in [6.07, 6.45) is 4.94. The summed E-state index contributed by atoms with van der Waals surface area (Å²) in [5, 5.41) is 9.74. The molecule has 0 saturated heterocycles. The number of fused-ring (bicyclic) bond motifs is 1. The van der Waals surface area contributed by atoms with Crippen LogP contribution < -0.4 is 4.74 Å². The van der Waals surface area contributed by atoms with Gasteiger partial charge in [0.15, 0.2) is 0 Å². The van der Waals surface area contributed by atoms with Crippen molar-refractivity contribution in [2.45, 2.75) is 58.6 Å². The lowest BCUT2D eigenvalue weighted by Crippen LogP contribution is -2.50. The highest BCUT2D eigenvalue weighted by atomic mass is 16.5. The standard InChI is InChI=1S/C24H33N3O4/c1-5-6-7-8-18-11-20-22(25-12-18)31-21(14-26(4)23(29)19-9-10-19)16(2)13-27(24(20)30)17(3)15-28/h11-12,16-17,19,21,28H,5-6,9-10,13-15H2,1-4H3/t16-,17-,21+/m0/s1. The van der Waals surface area contributed by atoms with Crippen molar-refractivity contribution < 1.29 is 19.4 Å². The molecule has 1 fully saturated rings. The minimum atomic E-state index is -0.345. The quantitative estimate of drug-likeness (QED) is 0.705. The number of likely N-dealkylation sites (N-methyl/N-ethyl adjacent to an activating group) is 1. The maximum atomic E-state index is 13.3. The smallest absolute Gasteiger partial charge is 0.259 e. The predicted molar refractivity (Wildman–Crippen MR) is 118 cm³/mol. The van der Waals surface area contributed by atoms with Crippen LogP contribution in [0.3, 0.4) is 0 Å². The normalized spacial score (nSPS) is 21.7. The molecule has 1 saturated carbocycles. The second-order valence-corrected chi connectivity index (χ2v) is 8.74. The molecular formula is C24H33N3O4. The van der Waals surface area contributed by atoms with E-state index in [-0.39, 0.29) is 48.3 Å². The van der Waals surface area contributed by atoms with Gasteiger partial charge in [-0.1, -0.05) is 25.7 Å². The Labute approximate surface area is 184 Å². The van der Waals surface area contributed by atoms with Gasteiger partial charge in [-0.2, -0.15) is 0 Å².